The third-order valence-corrected chi connectivity index (χ3v) is 0.402. The van der Waals surface area contributed by atoms with Crippen molar-refractivity contribution in [2.45, 2.75) is 20.3 Å². The number of hydrogen-bond acceptors (Lipinski definition) is 0. The van der Waals surface area contributed by atoms with Gasteiger partial charge in [0.2, 0.25) is 0 Å². The van der Waals surface area contributed by atoms with E-state index in [-0.39, 0.29) is 111 Å². The van der Waals surface area contributed by atoms with E-state index in [9.17, 15) is 0 Å². The maximum absolute atomic E-state index is 4.61. The van der Waals surface area contributed by atoms with E-state index in [2.05, 4.69) is 47.8 Å². The van der Waals surface area contributed by atoms with Crippen LogP contribution in [0.15, 0.2) is 24.3 Å². The van der Waals surface area contributed by atoms with Crippen molar-refractivity contribution in [2.24, 2.45) is 0 Å². The van der Waals surface area contributed by atoms with Crippen LogP contribution in [0, 0.1) is 40.9 Å². The Morgan fingerprint density at radius 2 is 0.947 bits per heavy atom. The Labute approximate surface area is 194 Å². The Morgan fingerprint density at radius 3 is 0.947 bits per heavy atom. The van der Waals surface area contributed by atoms with Crippen molar-refractivity contribution in [1.29, 1.82) is 0 Å². The Kier molecular flexibility index (Phi) is 511. The standard InChI is InChI=1S/C5H9.2C3H4.C2H5.6V/c1-3-5-4-2;2*1-3-2;1-2;;;;;;/h3,5H,1,4H2,2H3;2*1,3H,2H2;1H2,2H3;;;;;;/q-1;2*-2;-1;;;;3*+2/b5-3+;;;;;;;;;. The summed E-state index contributed by atoms with van der Waals surface area (Å²) in [6.07, 6.45) is 7.42. The van der Waals surface area contributed by atoms with Gasteiger partial charge in [0, 0.05) is 55.7 Å². The minimum atomic E-state index is 0. The molecule has 6 heteroatoms. The van der Waals surface area contributed by atoms with E-state index in [1.807, 2.05) is 6.08 Å². The Bertz CT molecular complexity index is 89.1. The molecule has 6 radical (unpaired) electrons. The molecule has 0 saturated carbocycles. The van der Waals surface area contributed by atoms with Gasteiger partial charge in [-0.15, -0.1) is 6.42 Å². The van der Waals surface area contributed by atoms with Gasteiger partial charge in [0.25, 0.3) is 0 Å². The van der Waals surface area contributed by atoms with Crippen molar-refractivity contribution in [2.75, 3.05) is 0 Å². The molecule has 0 aliphatic heterocycles. The smallest absolute Gasteiger partial charge is 0.549 e. The number of hydrogen-bond donors (Lipinski definition) is 0. The molecule has 0 aromatic rings. The molecule has 0 fully saturated rings. The first-order valence-corrected chi connectivity index (χ1v) is 4.05. The fraction of sp³-hybridized carbons (Fsp3) is 0.231. The maximum Gasteiger partial charge on any atom is 2.00 e. The van der Waals surface area contributed by atoms with E-state index in [1.54, 1.807) is 13.0 Å². The summed E-state index contributed by atoms with van der Waals surface area (Å²) < 4.78 is 0. The zero-order valence-electron chi connectivity index (χ0n) is 11.7. The molecule has 0 aromatic carbocycles. The van der Waals surface area contributed by atoms with Gasteiger partial charge < -0.3 is 46.1 Å². The van der Waals surface area contributed by atoms with Crippen molar-refractivity contribution >= 4 is 0 Å². The van der Waals surface area contributed by atoms with Crippen LogP contribution in [0.4, 0.5) is 0 Å². The molecule has 0 rings (SSSR count). The van der Waals surface area contributed by atoms with Crippen LogP contribution in [0.2, 0.25) is 0 Å². The molecular formula is C13H22V6. The van der Waals surface area contributed by atoms with Crippen LogP contribution in [0.3, 0.4) is 0 Å². The van der Waals surface area contributed by atoms with Gasteiger partial charge in [0.1, 0.15) is 0 Å². The van der Waals surface area contributed by atoms with Crippen LogP contribution in [0.1, 0.15) is 20.3 Å². The van der Waals surface area contributed by atoms with Crippen molar-refractivity contribution in [3.8, 4) is 0 Å². The van der Waals surface area contributed by atoms with Crippen LogP contribution in [-0.4, -0.2) is 0 Å². The summed E-state index contributed by atoms with van der Waals surface area (Å²) in [4.78, 5) is 0. The monoisotopic (exact) mass is 484 g/mol. The van der Waals surface area contributed by atoms with Crippen molar-refractivity contribution < 1.29 is 111 Å². The van der Waals surface area contributed by atoms with Crippen LogP contribution in [-0.2, 0) is 111 Å². The molecule has 0 N–H and O–H groups in total. The van der Waals surface area contributed by atoms with E-state index in [4.69, 9.17) is 0 Å². The van der Waals surface area contributed by atoms with Gasteiger partial charge in [-0.25, -0.2) is 19.1 Å². The van der Waals surface area contributed by atoms with Crippen molar-refractivity contribution in [1.82, 2.24) is 0 Å². The average Bonchev–Trinajstić information content (AvgIpc) is 2.12. The van der Waals surface area contributed by atoms with Crippen LogP contribution in [0.25, 0.3) is 0 Å². The topological polar surface area (TPSA) is 0 Å². The quantitative estimate of drug-likeness (QED) is 0.490. The summed E-state index contributed by atoms with van der Waals surface area (Å²) >= 11 is 0. The van der Waals surface area contributed by atoms with Gasteiger partial charge in [-0.1, -0.05) is 6.92 Å². The van der Waals surface area contributed by atoms with Gasteiger partial charge in [-0.05, 0) is 0 Å². The molecule has 19 heavy (non-hydrogen) atoms. The number of allylic oxidation sites excluding steroid dienone is 4. The molecule has 0 unspecified atom stereocenters. The number of rotatable bonds is 1. The third kappa shape index (κ3) is 364. The molecule has 0 atom stereocenters. The SMILES string of the molecule is [CH-]=C[CH2-].[CH-]=C[CH2-].[CH2-]/C=C/CC.[CH2-]C.[V+2].[V+2].[V+2].[V].[V].[V]. The van der Waals surface area contributed by atoms with E-state index in [0.29, 0.717) is 0 Å². The summed E-state index contributed by atoms with van der Waals surface area (Å²) in [5.74, 6) is 0. The molecule has 0 bridgehead atoms. The van der Waals surface area contributed by atoms with E-state index in [1.165, 1.54) is 12.2 Å². The van der Waals surface area contributed by atoms with Crippen LogP contribution >= 0.6 is 0 Å². The molecule has 104 valence electrons. The first-order valence-electron chi connectivity index (χ1n) is 4.05. The second-order valence-corrected chi connectivity index (χ2v) is 1.35. The van der Waals surface area contributed by atoms with Crippen molar-refractivity contribution in [3.05, 3.63) is 65.2 Å². The normalized spacial score (nSPS) is 4.16. The van der Waals surface area contributed by atoms with Gasteiger partial charge in [0.05, 0.1) is 0 Å². The maximum atomic E-state index is 4.61. The molecule has 0 spiro atoms. The van der Waals surface area contributed by atoms with E-state index >= 15 is 0 Å². The molecule has 0 aliphatic rings. The average molecular weight is 484 g/mol. The predicted octanol–water partition coefficient (Wildman–Crippen LogP) is 4.23. The summed E-state index contributed by atoms with van der Waals surface area (Å²) in [5.41, 5.74) is 0. The Morgan fingerprint density at radius 1 is 0.789 bits per heavy atom. The fourth-order valence-corrected chi connectivity index (χ4v) is 0.167. The predicted molar refractivity (Wildman–Crippen MR) is 64.3 cm³/mol. The van der Waals surface area contributed by atoms with E-state index < -0.39 is 0 Å². The second kappa shape index (κ2) is 141. The second-order valence-electron chi connectivity index (χ2n) is 1.35. The van der Waals surface area contributed by atoms with Gasteiger partial charge in [0.15, 0.2) is 0 Å². The molecule has 0 nitrogen and oxygen atoms in total. The summed E-state index contributed by atoms with van der Waals surface area (Å²) in [5, 5.41) is 0. The van der Waals surface area contributed by atoms with Crippen LogP contribution < -0.4 is 0 Å². The first-order chi connectivity index (χ1) is 6.24. The zero-order valence-corrected chi connectivity index (χ0v) is 20.1. The molecule has 0 amide bonds. The molecule has 0 aromatic heterocycles. The zero-order chi connectivity index (χ0) is 11.5. The minimum Gasteiger partial charge on any atom is -0.549 e. The summed E-state index contributed by atoms with van der Waals surface area (Å²) in [6, 6.07) is 0. The minimum absolute atomic E-state index is 0. The fourth-order valence-electron chi connectivity index (χ4n) is 0.167. The molecule has 0 heterocycles. The van der Waals surface area contributed by atoms with Gasteiger partial charge >= 0.3 is 55.7 Å². The third-order valence-electron chi connectivity index (χ3n) is 0.402. The molecule has 0 saturated heterocycles. The van der Waals surface area contributed by atoms with E-state index in [0.717, 1.165) is 6.42 Å². The molecular weight excluding hydrogens is 462 g/mol. The Hall–Kier alpha value is 2.34. The van der Waals surface area contributed by atoms with Crippen molar-refractivity contribution in [3.63, 3.8) is 0 Å². The van der Waals surface area contributed by atoms with Crippen LogP contribution in [0.5, 0.6) is 0 Å². The largest absolute Gasteiger partial charge is 2.00 e. The summed E-state index contributed by atoms with van der Waals surface area (Å²) in [6.45, 7) is 26.1. The molecule has 0 aliphatic carbocycles. The summed E-state index contributed by atoms with van der Waals surface area (Å²) in [7, 11) is 0. The Balaban J connectivity index is -0.00000000669. The van der Waals surface area contributed by atoms with Gasteiger partial charge in [-0.3, -0.25) is 0 Å². The first kappa shape index (κ1) is 68.7. The van der Waals surface area contributed by atoms with Gasteiger partial charge in [-0.2, -0.15) is 6.92 Å².